The Kier molecular flexibility index (Phi) is 5.45. The summed E-state index contributed by atoms with van der Waals surface area (Å²) in [5.74, 6) is 0.336. The molecule has 3 heterocycles. The lowest BCUT2D eigenvalue weighted by molar-refractivity contribution is -0.113. The Balaban J connectivity index is 1.55. The third-order valence-electron chi connectivity index (χ3n) is 3.91. The summed E-state index contributed by atoms with van der Waals surface area (Å²) in [5.41, 5.74) is 6.45. The second-order valence-electron chi connectivity index (χ2n) is 5.82. The number of anilines is 1. The van der Waals surface area contributed by atoms with Gasteiger partial charge in [-0.2, -0.15) is 0 Å². The highest BCUT2D eigenvalue weighted by molar-refractivity contribution is 7.99. The number of thioether (sulfide) groups is 1. The first-order chi connectivity index (χ1) is 14.1. The van der Waals surface area contributed by atoms with E-state index in [1.165, 1.54) is 23.1 Å². The molecule has 0 radical (unpaired) electrons. The lowest BCUT2D eigenvalue weighted by atomic mass is 10.3. The molecule has 0 fully saturated rings. The maximum Gasteiger partial charge on any atom is 0.251 e. The van der Waals surface area contributed by atoms with Crippen LogP contribution in [0.2, 0.25) is 0 Å². The van der Waals surface area contributed by atoms with Gasteiger partial charge >= 0.3 is 0 Å². The number of furan rings is 1. The third-order valence-corrected chi connectivity index (χ3v) is 5.66. The molecule has 0 aliphatic carbocycles. The summed E-state index contributed by atoms with van der Waals surface area (Å²) in [5, 5.41) is 13.9. The summed E-state index contributed by atoms with van der Waals surface area (Å²) in [6.45, 7) is 0. The molecule has 0 saturated carbocycles. The van der Waals surface area contributed by atoms with Crippen molar-refractivity contribution >= 4 is 39.9 Å². The van der Waals surface area contributed by atoms with Crippen LogP contribution in [-0.4, -0.2) is 32.3 Å². The smallest absolute Gasteiger partial charge is 0.251 e. The molecule has 10 heteroatoms. The van der Waals surface area contributed by atoms with Gasteiger partial charge in [0.15, 0.2) is 10.9 Å². The lowest BCUT2D eigenvalue weighted by Crippen LogP contribution is -2.18. The lowest BCUT2D eigenvalue weighted by Gasteiger charge is -2.09. The van der Waals surface area contributed by atoms with E-state index >= 15 is 0 Å². The Labute approximate surface area is 173 Å². The van der Waals surface area contributed by atoms with Gasteiger partial charge in [0, 0.05) is 5.69 Å². The molecule has 0 spiro atoms. The zero-order valence-electron chi connectivity index (χ0n) is 14.9. The zero-order valence-corrected chi connectivity index (χ0v) is 16.6. The minimum Gasteiger partial charge on any atom is -0.461 e. The van der Waals surface area contributed by atoms with Crippen molar-refractivity contribution < 1.29 is 14.0 Å². The third kappa shape index (κ3) is 4.08. The van der Waals surface area contributed by atoms with Crippen LogP contribution in [0.25, 0.3) is 17.3 Å². The summed E-state index contributed by atoms with van der Waals surface area (Å²) in [6, 6.07) is 14.7. The van der Waals surface area contributed by atoms with E-state index in [0.29, 0.717) is 27.3 Å². The highest BCUT2D eigenvalue weighted by atomic mass is 32.2. The number of thiophene rings is 1. The molecule has 2 amide bonds. The largest absolute Gasteiger partial charge is 0.461 e. The van der Waals surface area contributed by atoms with Crippen molar-refractivity contribution in [2.24, 2.45) is 5.73 Å². The number of nitrogens with two attached hydrogens (primary N) is 1. The van der Waals surface area contributed by atoms with E-state index in [1.807, 2.05) is 34.9 Å². The first-order valence-corrected chi connectivity index (χ1v) is 10.3. The number of aromatic nitrogens is 3. The maximum absolute atomic E-state index is 12.4. The van der Waals surface area contributed by atoms with E-state index in [-0.39, 0.29) is 11.7 Å². The van der Waals surface area contributed by atoms with Gasteiger partial charge in [-0.15, -0.1) is 21.5 Å². The fraction of sp³-hybridized carbons (Fsp3) is 0.0526. The van der Waals surface area contributed by atoms with Gasteiger partial charge in [0.1, 0.15) is 5.00 Å². The van der Waals surface area contributed by atoms with Gasteiger partial charge in [-0.3, -0.25) is 14.2 Å². The molecule has 1 aromatic carbocycles. The van der Waals surface area contributed by atoms with Crippen LogP contribution in [0.5, 0.6) is 0 Å². The monoisotopic (exact) mass is 425 g/mol. The van der Waals surface area contributed by atoms with Crippen LogP contribution in [0.3, 0.4) is 0 Å². The van der Waals surface area contributed by atoms with Gasteiger partial charge in [-0.25, -0.2) is 0 Å². The molecular formula is C19H15N5O3S2. The second kappa shape index (κ2) is 8.33. The van der Waals surface area contributed by atoms with Crippen molar-refractivity contribution in [1.82, 2.24) is 14.8 Å². The Morgan fingerprint density at radius 1 is 1.14 bits per heavy atom. The predicted octanol–water partition coefficient (Wildman–Crippen LogP) is 3.42. The molecule has 0 bridgehead atoms. The summed E-state index contributed by atoms with van der Waals surface area (Å²) >= 11 is 2.47. The van der Waals surface area contributed by atoms with Crippen molar-refractivity contribution in [2.45, 2.75) is 5.16 Å². The van der Waals surface area contributed by atoms with Gasteiger partial charge in [-0.05, 0) is 35.7 Å². The number of primary amides is 1. The van der Waals surface area contributed by atoms with E-state index in [9.17, 15) is 9.59 Å². The molecule has 0 aliphatic heterocycles. The number of nitrogens with one attached hydrogen (secondary N) is 1. The van der Waals surface area contributed by atoms with E-state index in [1.54, 1.807) is 29.8 Å². The summed E-state index contributed by atoms with van der Waals surface area (Å²) in [7, 11) is 0. The van der Waals surface area contributed by atoms with Gasteiger partial charge in [-0.1, -0.05) is 30.0 Å². The molecule has 0 atom stereocenters. The number of benzene rings is 1. The molecule has 29 heavy (non-hydrogen) atoms. The molecule has 4 aromatic rings. The van der Waals surface area contributed by atoms with Gasteiger partial charge in [0.05, 0.1) is 17.6 Å². The minimum atomic E-state index is -0.582. The van der Waals surface area contributed by atoms with Gasteiger partial charge in [0.2, 0.25) is 11.7 Å². The molecule has 8 nitrogen and oxygen atoms in total. The predicted molar refractivity (Wildman–Crippen MR) is 111 cm³/mol. The second-order valence-corrected chi connectivity index (χ2v) is 7.68. The number of hydrogen-bond donors (Lipinski definition) is 2. The van der Waals surface area contributed by atoms with Crippen LogP contribution >= 0.6 is 23.1 Å². The zero-order chi connectivity index (χ0) is 20.2. The average molecular weight is 425 g/mol. The Bertz CT molecular complexity index is 1140. The topological polar surface area (TPSA) is 116 Å². The number of rotatable bonds is 7. The fourth-order valence-electron chi connectivity index (χ4n) is 2.63. The average Bonchev–Trinajstić information content (AvgIpc) is 3.47. The van der Waals surface area contributed by atoms with Crippen LogP contribution < -0.4 is 11.1 Å². The molecule has 3 aromatic heterocycles. The van der Waals surface area contributed by atoms with E-state index in [2.05, 4.69) is 15.5 Å². The van der Waals surface area contributed by atoms with E-state index in [0.717, 1.165) is 5.69 Å². The summed E-state index contributed by atoms with van der Waals surface area (Å²) < 4.78 is 7.30. The van der Waals surface area contributed by atoms with Crippen LogP contribution in [0.4, 0.5) is 5.00 Å². The molecule has 0 aliphatic rings. The Morgan fingerprint density at radius 2 is 1.97 bits per heavy atom. The highest BCUT2D eigenvalue weighted by Gasteiger charge is 2.19. The molecule has 146 valence electrons. The van der Waals surface area contributed by atoms with Crippen molar-refractivity contribution in [2.75, 3.05) is 11.1 Å². The molecule has 4 rings (SSSR count). The molecular weight excluding hydrogens is 410 g/mol. The number of para-hydroxylation sites is 1. The number of amides is 2. The van der Waals surface area contributed by atoms with Gasteiger partial charge in [0.25, 0.3) is 5.91 Å². The SMILES string of the molecule is NC(=O)c1ccsc1NC(=O)CSc1nnc(-c2ccco2)n1-c1ccccc1. The normalized spacial score (nSPS) is 10.8. The molecule has 3 N–H and O–H groups in total. The summed E-state index contributed by atoms with van der Waals surface area (Å²) in [4.78, 5) is 23.8. The number of hydrogen-bond acceptors (Lipinski definition) is 7. The van der Waals surface area contributed by atoms with Crippen LogP contribution in [0.1, 0.15) is 10.4 Å². The molecule has 0 unspecified atom stereocenters. The molecule has 0 saturated heterocycles. The first kappa shape index (κ1) is 19.0. The Morgan fingerprint density at radius 3 is 2.69 bits per heavy atom. The van der Waals surface area contributed by atoms with Crippen molar-refractivity contribution in [3.05, 3.63) is 65.7 Å². The van der Waals surface area contributed by atoms with Crippen LogP contribution in [-0.2, 0) is 4.79 Å². The number of carbonyl (C=O) groups is 2. The van der Waals surface area contributed by atoms with Crippen LogP contribution in [0, 0.1) is 0 Å². The number of carbonyl (C=O) groups excluding carboxylic acids is 2. The van der Waals surface area contributed by atoms with Crippen molar-refractivity contribution in [3.8, 4) is 17.3 Å². The highest BCUT2D eigenvalue weighted by Crippen LogP contribution is 2.29. The Hall–Kier alpha value is -3.37. The minimum absolute atomic E-state index is 0.0826. The quantitative estimate of drug-likeness (QED) is 0.438. The van der Waals surface area contributed by atoms with E-state index in [4.69, 9.17) is 10.2 Å². The van der Waals surface area contributed by atoms with Crippen molar-refractivity contribution in [3.63, 3.8) is 0 Å². The van der Waals surface area contributed by atoms with Gasteiger partial charge < -0.3 is 15.5 Å². The standard InChI is InChI=1S/C19H15N5O3S2/c20-16(26)13-8-10-28-18(13)21-15(25)11-29-19-23-22-17(14-7-4-9-27-14)24(19)12-5-2-1-3-6-12/h1-10H,11H2,(H2,20,26)(H,21,25). The first-order valence-electron chi connectivity index (χ1n) is 8.48. The summed E-state index contributed by atoms with van der Waals surface area (Å²) in [6.07, 6.45) is 1.57. The number of nitrogens with zero attached hydrogens (tertiary/aromatic N) is 3. The van der Waals surface area contributed by atoms with Crippen molar-refractivity contribution in [1.29, 1.82) is 0 Å². The fourth-order valence-corrected chi connectivity index (χ4v) is 4.19. The maximum atomic E-state index is 12.4. The van der Waals surface area contributed by atoms with E-state index < -0.39 is 5.91 Å². The van der Waals surface area contributed by atoms with Crippen LogP contribution in [0.15, 0.2) is 69.7 Å².